The van der Waals surface area contributed by atoms with Crippen LogP contribution in [0.5, 0.6) is 17.2 Å². The van der Waals surface area contributed by atoms with E-state index in [1.807, 2.05) is 60.7 Å². The summed E-state index contributed by atoms with van der Waals surface area (Å²) in [5.41, 5.74) is 4.22. The standard InChI is InChI=1S/C27H22N2O4/c1-31-24-13-20(14-25(32-2)26(24)33-3)21-15-23(29-27(30)22(21)16-28)19-11-9-18(10-12-19)17-7-5-4-6-8-17/h4-15H,1-3H3,(H,29,30). The predicted molar refractivity (Wildman–Crippen MR) is 128 cm³/mol. The first-order valence-electron chi connectivity index (χ1n) is 10.2. The van der Waals surface area contributed by atoms with E-state index in [1.54, 1.807) is 18.2 Å². The highest BCUT2D eigenvalue weighted by Gasteiger charge is 2.18. The topological polar surface area (TPSA) is 84.3 Å². The molecule has 1 aromatic heterocycles. The van der Waals surface area contributed by atoms with Crippen molar-refractivity contribution in [1.82, 2.24) is 4.98 Å². The van der Waals surface area contributed by atoms with Crippen LogP contribution in [-0.2, 0) is 0 Å². The number of aromatic nitrogens is 1. The molecule has 0 fully saturated rings. The van der Waals surface area contributed by atoms with Crippen LogP contribution >= 0.6 is 0 Å². The van der Waals surface area contributed by atoms with Crippen LogP contribution < -0.4 is 19.8 Å². The molecule has 1 heterocycles. The number of hydrogen-bond acceptors (Lipinski definition) is 5. The summed E-state index contributed by atoms with van der Waals surface area (Å²) in [6.45, 7) is 0. The number of rotatable bonds is 6. The Hall–Kier alpha value is -4.50. The summed E-state index contributed by atoms with van der Waals surface area (Å²) in [5.74, 6) is 1.30. The van der Waals surface area contributed by atoms with Crippen LogP contribution in [0.15, 0.2) is 77.6 Å². The van der Waals surface area contributed by atoms with Crippen molar-refractivity contribution in [1.29, 1.82) is 5.26 Å². The molecule has 164 valence electrons. The minimum Gasteiger partial charge on any atom is -0.493 e. The molecule has 6 heteroatoms. The second kappa shape index (κ2) is 9.33. The van der Waals surface area contributed by atoms with Crippen LogP contribution in [0, 0.1) is 11.3 Å². The largest absolute Gasteiger partial charge is 0.493 e. The van der Waals surface area contributed by atoms with Crippen molar-refractivity contribution in [3.63, 3.8) is 0 Å². The summed E-state index contributed by atoms with van der Waals surface area (Å²) < 4.78 is 16.3. The quantitative estimate of drug-likeness (QED) is 0.443. The SMILES string of the molecule is COc1cc(-c2cc(-c3ccc(-c4ccccc4)cc3)[nH]c(=O)c2C#N)cc(OC)c1OC. The average molecular weight is 438 g/mol. The lowest BCUT2D eigenvalue weighted by atomic mass is 9.97. The van der Waals surface area contributed by atoms with E-state index in [0.717, 1.165) is 16.7 Å². The number of nitrogens with one attached hydrogen (secondary N) is 1. The predicted octanol–water partition coefficient (Wildman–Crippen LogP) is 5.27. The van der Waals surface area contributed by atoms with Crippen molar-refractivity contribution < 1.29 is 14.2 Å². The van der Waals surface area contributed by atoms with Gasteiger partial charge in [0.05, 0.1) is 21.3 Å². The van der Waals surface area contributed by atoms with Crippen LogP contribution in [0.3, 0.4) is 0 Å². The Morgan fingerprint density at radius 2 is 1.30 bits per heavy atom. The van der Waals surface area contributed by atoms with Crippen molar-refractivity contribution in [2.75, 3.05) is 21.3 Å². The summed E-state index contributed by atoms with van der Waals surface area (Å²) in [4.78, 5) is 15.6. The Kier molecular flexibility index (Phi) is 6.14. The van der Waals surface area contributed by atoms with Gasteiger partial charge in [-0.2, -0.15) is 5.26 Å². The summed E-state index contributed by atoms with van der Waals surface area (Å²) in [7, 11) is 4.55. The Bertz CT molecular complexity index is 1360. The lowest BCUT2D eigenvalue weighted by molar-refractivity contribution is 0.324. The van der Waals surface area contributed by atoms with Crippen molar-refractivity contribution in [2.24, 2.45) is 0 Å². The molecule has 0 aliphatic heterocycles. The van der Waals surface area contributed by atoms with Crippen LogP contribution in [-0.4, -0.2) is 26.3 Å². The highest BCUT2D eigenvalue weighted by molar-refractivity contribution is 5.79. The average Bonchev–Trinajstić information content (AvgIpc) is 2.87. The molecule has 6 nitrogen and oxygen atoms in total. The first-order valence-corrected chi connectivity index (χ1v) is 10.2. The van der Waals surface area contributed by atoms with Gasteiger partial charge in [0.2, 0.25) is 5.75 Å². The molecule has 0 saturated heterocycles. The van der Waals surface area contributed by atoms with Gasteiger partial charge in [-0.15, -0.1) is 0 Å². The third-order valence-corrected chi connectivity index (χ3v) is 5.42. The Balaban J connectivity index is 1.84. The maximum absolute atomic E-state index is 12.8. The first kappa shape index (κ1) is 21.7. The molecule has 4 rings (SSSR count). The second-order valence-electron chi connectivity index (χ2n) is 7.27. The zero-order valence-electron chi connectivity index (χ0n) is 18.5. The van der Waals surface area contributed by atoms with Gasteiger partial charge in [0.15, 0.2) is 11.5 Å². The summed E-state index contributed by atoms with van der Waals surface area (Å²) >= 11 is 0. The van der Waals surface area contributed by atoms with E-state index in [2.05, 4.69) is 4.98 Å². The van der Waals surface area contributed by atoms with Crippen LogP contribution in [0.1, 0.15) is 5.56 Å². The molecule has 3 aromatic carbocycles. The summed E-state index contributed by atoms with van der Waals surface area (Å²) in [5, 5.41) is 9.68. The van der Waals surface area contributed by atoms with E-state index < -0.39 is 5.56 Å². The maximum atomic E-state index is 12.8. The number of hydrogen-bond donors (Lipinski definition) is 1. The number of ether oxygens (including phenoxy) is 3. The summed E-state index contributed by atoms with van der Waals surface area (Å²) in [6, 6.07) is 25.2. The minimum atomic E-state index is -0.467. The fourth-order valence-electron chi connectivity index (χ4n) is 3.76. The molecule has 0 saturated carbocycles. The number of nitriles is 1. The molecule has 0 aliphatic carbocycles. The molecular weight excluding hydrogens is 416 g/mol. The third-order valence-electron chi connectivity index (χ3n) is 5.42. The van der Waals surface area contributed by atoms with Crippen molar-refractivity contribution in [3.8, 4) is 56.8 Å². The molecule has 0 unspecified atom stereocenters. The number of aromatic amines is 1. The van der Waals surface area contributed by atoms with Crippen LogP contribution in [0.25, 0.3) is 33.5 Å². The van der Waals surface area contributed by atoms with Gasteiger partial charge in [0.1, 0.15) is 11.6 Å². The Morgan fingerprint density at radius 1 is 0.727 bits per heavy atom. The van der Waals surface area contributed by atoms with E-state index in [4.69, 9.17) is 14.2 Å². The number of nitrogens with zero attached hydrogens (tertiary/aromatic N) is 1. The molecule has 4 aromatic rings. The highest BCUT2D eigenvalue weighted by Crippen LogP contribution is 2.42. The fourth-order valence-corrected chi connectivity index (χ4v) is 3.76. The lowest BCUT2D eigenvalue weighted by Crippen LogP contribution is -2.12. The molecule has 0 aliphatic rings. The molecular formula is C27H22N2O4. The van der Waals surface area contributed by atoms with Gasteiger partial charge >= 0.3 is 0 Å². The number of benzene rings is 3. The number of methoxy groups -OCH3 is 3. The zero-order chi connectivity index (χ0) is 23.4. The van der Waals surface area contributed by atoms with Crippen molar-refractivity contribution >= 4 is 0 Å². The normalized spacial score (nSPS) is 10.4. The van der Waals surface area contributed by atoms with E-state index in [-0.39, 0.29) is 5.56 Å². The number of pyridine rings is 1. The van der Waals surface area contributed by atoms with Crippen molar-refractivity contribution in [2.45, 2.75) is 0 Å². The van der Waals surface area contributed by atoms with Gasteiger partial charge in [-0.25, -0.2) is 0 Å². The van der Waals surface area contributed by atoms with E-state index in [0.29, 0.717) is 34.1 Å². The van der Waals surface area contributed by atoms with Gasteiger partial charge < -0.3 is 19.2 Å². The van der Waals surface area contributed by atoms with Crippen LogP contribution in [0.4, 0.5) is 0 Å². The van der Waals surface area contributed by atoms with E-state index >= 15 is 0 Å². The Morgan fingerprint density at radius 3 is 1.85 bits per heavy atom. The number of H-pyrrole nitrogens is 1. The molecule has 1 N–H and O–H groups in total. The fraction of sp³-hybridized carbons (Fsp3) is 0.111. The zero-order valence-corrected chi connectivity index (χ0v) is 18.5. The molecule has 0 radical (unpaired) electrons. The van der Waals surface area contributed by atoms with E-state index in [9.17, 15) is 10.1 Å². The minimum absolute atomic E-state index is 0.00827. The monoisotopic (exact) mass is 438 g/mol. The first-order chi connectivity index (χ1) is 16.1. The molecule has 0 atom stereocenters. The van der Waals surface area contributed by atoms with Gasteiger partial charge in [0.25, 0.3) is 5.56 Å². The third kappa shape index (κ3) is 4.17. The lowest BCUT2D eigenvalue weighted by Gasteiger charge is -2.15. The highest BCUT2D eigenvalue weighted by atomic mass is 16.5. The van der Waals surface area contributed by atoms with Crippen molar-refractivity contribution in [3.05, 3.63) is 88.7 Å². The van der Waals surface area contributed by atoms with Gasteiger partial charge in [-0.3, -0.25) is 4.79 Å². The maximum Gasteiger partial charge on any atom is 0.266 e. The van der Waals surface area contributed by atoms with Gasteiger partial charge in [0, 0.05) is 11.3 Å². The smallest absolute Gasteiger partial charge is 0.266 e. The molecule has 0 bridgehead atoms. The Labute approximate surface area is 191 Å². The van der Waals surface area contributed by atoms with Crippen LogP contribution in [0.2, 0.25) is 0 Å². The molecule has 0 spiro atoms. The molecule has 33 heavy (non-hydrogen) atoms. The summed E-state index contributed by atoms with van der Waals surface area (Å²) in [6.07, 6.45) is 0. The van der Waals surface area contributed by atoms with Gasteiger partial charge in [-0.1, -0.05) is 54.6 Å². The second-order valence-corrected chi connectivity index (χ2v) is 7.27. The molecule has 0 amide bonds. The van der Waals surface area contributed by atoms with Gasteiger partial charge in [-0.05, 0) is 40.5 Å². The van der Waals surface area contributed by atoms with E-state index in [1.165, 1.54) is 21.3 Å².